The summed E-state index contributed by atoms with van der Waals surface area (Å²) in [4.78, 5) is 0. The first-order chi connectivity index (χ1) is 0. The number of hydrogen-bond donors (Lipinski definition) is 0. The normalized spacial score (nSPS) is 0. The Hall–Kier alpha value is 2.48. The fourth-order valence-corrected chi connectivity index (χ4v) is 0. The summed E-state index contributed by atoms with van der Waals surface area (Å²) in [5.74, 6) is 0. The molecule has 5 heavy (non-hydrogen) atoms. The molecular weight excluding hydrogens is 359 g/mol. The van der Waals surface area contributed by atoms with Gasteiger partial charge in [0, 0.05) is 0 Å². The van der Waals surface area contributed by atoms with E-state index in [1.165, 1.54) is 0 Å². The van der Waals surface area contributed by atoms with Crippen LogP contribution in [-0.2, 0) is 16.4 Å². The molecule has 0 aliphatic heterocycles. The van der Waals surface area contributed by atoms with Crippen LogP contribution >= 0.6 is 0 Å². The molecule has 0 bridgehead atoms. The summed E-state index contributed by atoms with van der Waals surface area (Å²) in [7, 11) is 0. The second-order valence-electron chi connectivity index (χ2n) is 0. The van der Waals surface area contributed by atoms with Crippen LogP contribution in [0.1, 0.15) is 0 Å². The van der Waals surface area contributed by atoms with E-state index in [1.807, 2.05) is 0 Å². The molecule has 34 valence electrons. The van der Waals surface area contributed by atoms with Crippen molar-refractivity contribution >= 4 is 0 Å². The largest absolute Gasteiger partial charge is 3.00 e. The molecule has 0 saturated carbocycles. The SMILES string of the molecule is [Er+3].[Nd+3].[O-2].[O-2].[O-2]. The van der Waals surface area contributed by atoms with Gasteiger partial charge < -0.3 is 16.4 Å². The summed E-state index contributed by atoms with van der Waals surface area (Å²) < 4.78 is 0. The van der Waals surface area contributed by atoms with E-state index in [-0.39, 0.29) is 94.6 Å². The van der Waals surface area contributed by atoms with Crippen LogP contribution in [0.25, 0.3) is 0 Å². The summed E-state index contributed by atoms with van der Waals surface area (Å²) in [5.41, 5.74) is 0. The van der Waals surface area contributed by atoms with Gasteiger partial charge in [-0.15, -0.1) is 0 Å². The van der Waals surface area contributed by atoms with Crippen LogP contribution in [0.4, 0.5) is 0 Å². The molecule has 0 heterocycles. The maximum atomic E-state index is 0. The molecule has 0 aromatic heterocycles. The molecular formula is ErNdO3. The fourth-order valence-electron chi connectivity index (χ4n) is 0. The Balaban J connectivity index is 0. The average Bonchev–Trinajstić information content (AvgIpc) is 0. The minimum Gasteiger partial charge on any atom is -2.00 e. The quantitative estimate of drug-likeness (QED) is 0.566. The number of rotatable bonds is 0. The Bertz CT molecular complexity index is 6.85. The Morgan fingerprint density at radius 1 is 0.600 bits per heavy atom. The van der Waals surface area contributed by atoms with Crippen molar-refractivity contribution in [3.05, 3.63) is 0 Å². The van der Waals surface area contributed by atoms with Crippen LogP contribution in [0.15, 0.2) is 0 Å². The van der Waals surface area contributed by atoms with Gasteiger partial charge in [0.1, 0.15) is 0 Å². The van der Waals surface area contributed by atoms with Crippen LogP contribution in [0, 0.1) is 78.1 Å². The van der Waals surface area contributed by atoms with Crippen molar-refractivity contribution in [2.75, 3.05) is 0 Å². The van der Waals surface area contributed by atoms with Gasteiger partial charge in [-0.05, 0) is 0 Å². The third-order valence-corrected chi connectivity index (χ3v) is 0. The molecule has 5 heteroatoms. The van der Waals surface area contributed by atoms with Crippen molar-refractivity contribution in [1.29, 1.82) is 0 Å². The van der Waals surface area contributed by atoms with Gasteiger partial charge in [-0.1, -0.05) is 0 Å². The summed E-state index contributed by atoms with van der Waals surface area (Å²) in [6.07, 6.45) is 0. The maximum absolute atomic E-state index is 0. The molecule has 0 amide bonds. The van der Waals surface area contributed by atoms with Gasteiger partial charge >= 0.3 is 78.1 Å². The van der Waals surface area contributed by atoms with E-state index >= 15 is 0 Å². The summed E-state index contributed by atoms with van der Waals surface area (Å²) in [5, 5.41) is 0. The van der Waals surface area contributed by atoms with E-state index in [0.29, 0.717) is 0 Å². The van der Waals surface area contributed by atoms with Crippen LogP contribution in [0.3, 0.4) is 0 Å². The summed E-state index contributed by atoms with van der Waals surface area (Å²) in [6.45, 7) is 0. The van der Waals surface area contributed by atoms with Crippen LogP contribution in [0.5, 0.6) is 0 Å². The van der Waals surface area contributed by atoms with Gasteiger partial charge in [-0.3, -0.25) is 0 Å². The standard InChI is InChI=1S/Er.Nd.3O/q2*+3;3*-2. The third-order valence-electron chi connectivity index (χ3n) is 0. The van der Waals surface area contributed by atoms with Crippen molar-refractivity contribution in [3.63, 3.8) is 0 Å². The molecule has 0 aromatic rings. The zero-order chi connectivity index (χ0) is 0. The van der Waals surface area contributed by atoms with Crippen molar-refractivity contribution in [1.82, 2.24) is 0 Å². The first kappa shape index (κ1) is 51.1. The van der Waals surface area contributed by atoms with Crippen LogP contribution in [0.2, 0.25) is 0 Å². The molecule has 0 saturated heterocycles. The minimum atomic E-state index is 0. The molecule has 0 aliphatic carbocycles. The van der Waals surface area contributed by atoms with Crippen molar-refractivity contribution < 1.29 is 94.6 Å². The smallest absolute Gasteiger partial charge is 2.00 e. The van der Waals surface area contributed by atoms with Gasteiger partial charge in [0.15, 0.2) is 0 Å². The molecule has 0 N–H and O–H groups in total. The van der Waals surface area contributed by atoms with Crippen molar-refractivity contribution in [2.24, 2.45) is 0 Å². The Morgan fingerprint density at radius 3 is 0.600 bits per heavy atom. The average molecular weight is 359 g/mol. The van der Waals surface area contributed by atoms with Gasteiger partial charge in [0.2, 0.25) is 0 Å². The van der Waals surface area contributed by atoms with E-state index in [1.54, 1.807) is 0 Å². The van der Waals surface area contributed by atoms with E-state index in [4.69, 9.17) is 0 Å². The van der Waals surface area contributed by atoms with Gasteiger partial charge in [-0.2, -0.15) is 0 Å². The molecule has 0 rings (SSSR count). The predicted molar refractivity (Wildman–Crippen MR) is 2.06 cm³/mol. The Kier molecular flexibility index (Phi) is 324. The van der Waals surface area contributed by atoms with Crippen molar-refractivity contribution in [2.45, 2.75) is 0 Å². The summed E-state index contributed by atoms with van der Waals surface area (Å²) in [6, 6.07) is 0. The predicted octanol–water partition coefficient (Wildman–Crippen LogP) is -0.356. The molecule has 3 nitrogen and oxygen atoms in total. The van der Waals surface area contributed by atoms with E-state index < -0.39 is 0 Å². The molecule has 2 radical (unpaired) electrons. The molecule has 0 aromatic carbocycles. The third kappa shape index (κ3) is 21.2. The monoisotopic (exact) mass is 356 g/mol. The second kappa shape index (κ2) is 31.7. The number of hydrogen-bond acceptors (Lipinski definition) is 0. The van der Waals surface area contributed by atoms with Crippen LogP contribution < -0.4 is 0 Å². The first-order valence-corrected chi connectivity index (χ1v) is 0. The van der Waals surface area contributed by atoms with Gasteiger partial charge in [0.05, 0.1) is 0 Å². The molecule has 0 aliphatic rings. The van der Waals surface area contributed by atoms with Gasteiger partial charge in [-0.25, -0.2) is 0 Å². The maximum Gasteiger partial charge on any atom is 3.00 e. The molecule has 0 unspecified atom stereocenters. The molecule has 0 fully saturated rings. The van der Waals surface area contributed by atoms with E-state index in [9.17, 15) is 0 Å². The van der Waals surface area contributed by atoms with Crippen molar-refractivity contribution in [3.8, 4) is 0 Å². The first-order valence-electron chi connectivity index (χ1n) is 0. The van der Waals surface area contributed by atoms with E-state index in [0.717, 1.165) is 0 Å². The molecule has 0 spiro atoms. The topological polar surface area (TPSA) is 85.5 Å². The Labute approximate surface area is 92.5 Å². The zero-order valence-electron chi connectivity index (χ0n) is 2.01. The Morgan fingerprint density at radius 2 is 0.600 bits per heavy atom. The fraction of sp³-hybridized carbons (Fsp3) is 0. The zero-order valence-corrected chi connectivity index (χ0v) is 7.07. The summed E-state index contributed by atoms with van der Waals surface area (Å²) >= 11 is 0. The van der Waals surface area contributed by atoms with E-state index in [2.05, 4.69) is 0 Å². The minimum absolute atomic E-state index is 0. The second-order valence-corrected chi connectivity index (χ2v) is 0. The van der Waals surface area contributed by atoms with Crippen LogP contribution in [-0.4, -0.2) is 0 Å². The molecule has 0 atom stereocenters. The van der Waals surface area contributed by atoms with Gasteiger partial charge in [0.25, 0.3) is 0 Å².